The Hall–Kier alpha value is -1.92. The first kappa shape index (κ1) is 66.1. The van der Waals surface area contributed by atoms with Gasteiger partial charge >= 0.3 is 5.97 Å². The Kier molecular flexibility index (Phi) is 56.0. The number of nitrogens with one attached hydrogen (secondary N) is 1. The normalized spacial score (nSPS) is 12.8. The Balaban J connectivity index is 3.42. The zero-order valence-electron chi connectivity index (χ0n) is 45.6. The number of hydrogen-bond donors (Lipinski definition) is 3. The van der Waals surface area contributed by atoms with Crippen molar-refractivity contribution in [2.24, 2.45) is 0 Å². The molecule has 0 saturated carbocycles. The predicted octanol–water partition coefficient (Wildman–Crippen LogP) is 18.8. The number of unbranched alkanes of at least 4 members (excludes halogenated alkanes) is 39. The fourth-order valence-corrected chi connectivity index (χ4v) is 9.25. The highest BCUT2D eigenvalue weighted by atomic mass is 16.5. The maximum absolute atomic E-state index is 12.5. The van der Waals surface area contributed by atoms with Gasteiger partial charge in [-0.3, -0.25) is 9.59 Å². The molecule has 6 nitrogen and oxygen atoms in total. The number of carbonyl (C=O) groups excluding carboxylic acids is 2. The summed E-state index contributed by atoms with van der Waals surface area (Å²) in [6, 6.07) is -0.546. The van der Waals surface area contributed by atoms with Gasteiger partial charge in [0.25, 0.3) is 0 Å². The van der Waals surface area contributed by atoms with Gasteiger partial charge in [0.2, 0.25) is 5.91 Å². The first-order valence-electron chi connectivity index (χ1n) is 30.2. The third kappa shape index (κ3) is 53.4. The lowest BCUT2D eigenvalue weighted by molar-refractivity contribution is -0.143. The van der Waals surface area contributed by atoms with Gasteiger partial charge < -0.3 is 20.3 Å². The van der Waals surface area contributed by atoms with Gasteiger partial charge in [0.1, 0.15) is 0 Å². The number of allylic oxidation sites excluding steroid dienone is 6. The minimum absolute atomic E-state index is 0.00410. The average Bonchev–Trinajstić information content (AvgIpc) is 3.34. The Bertz CT molecular complexity index is 1100. The molecule has 0 aromatic carbocycles. The number of amides is 1. The summed E-state index contributed by atoms with van der Waals surface area (Å²) in [5, 5.41) is 23.3. The number of ether oxygens (including phenoxy) is 1. The van der Waals surface area contributed by atoms with Crippen LogP contribution in [-0.2, 0) is 14.3 Å². The smallest absolute Gasteiger partial charge is 0.305 e. The zero-order chi connectivity index (χ0) is 49.3. The molecule has 400 valence electrons. The number of rotatable bonds is 56. The van der Waals surface area contributed by atoms with E-state index in [-0.39, 0.29) is 18.5 Å². The second kappa shape index (κ2) is 57.7. The fraction of sp³-hybridized carbons (Fsp3) is 0.871. The van der Waals surface area contributed by atoms with Crippen molar-refractivity contribution in [2.75, 3.05) is 13.2 Å². The molecule has 3 N–H and O–H groups in total. The van der Waals surface area contributed by atoms with Gasteiger partial charge in [0.15, 0.2) is 0 Å². The van der Waals surface area contributed by atoms with Crippen LogP contribution in [0.25, 0.3) is 0 Å². The number of hydrogen-bond acceptors (Lipinski definition) is 5. The van der Waals surface area contributed by atoms with E-state index in [1.165, 1.54) is 238 Å². The number of aliphatic hydroxyl groups is 2. The Morgan fingerprint density at radius 3 is 1.16 bits per heavy atom. The molecule has 68 heavy (non-hydrogen) atoms. The van der Waals surface area contributed by atoms with Crippen molar-refractivity contribution < 1.29 is 24.5 Å². The van der Waals surface area contributed by atoms with E-state index in [4.69, 9.17) is 4.74 Å². The molecular formula is C62H117NO5. The van der Waals surface area contributed by atoms with E-state index < -0.39 is 12.1 Å². The maximum atomic E-state index is 12.5. The van der Waals surface area contributed by atoms with Crippen molar-refractivity contribution in [3.8, 4) is 0 Å². The van der Waals surface area contributed by atoms with Crippen molar-refractivity contribution in [1.29, 1.82) is 0 Å². The van der Waals surface area contributed by atoms with Crippen molar-refractivity contribution in [3.63, 3.8) is 0 Å². The molecule has 1 amide bonds. The summed E-state index contributed by atoms with van der Waals surface area (Å²) in [7, 11) is 0. The van der Waals surface area contributed by atoms with Gasteiger partial charge in [0.05, 0.1) is 25.4 Å². The van der Waals surface area contributed by atoms with Crippen LogP contribution in [0, 0.1) is 0 Å². The van der Waals surface area contributed by atoms with Gasteiger partial charge in [0, 0.05) is 12.8 Å². The van der Waals surface area contributed by atoms with Crippen LogP contribution in [0.15, 0.2) is 36.5 Å². The Morgan fingerprint density at radius 2 is 0.735 bits per heavy atom. The lowest BCUT2D eigenvalue weighted by Crippen LogP contribution is -2.45. The van der Waals surface area contributed by atoms with Crippen LogP contribution in [-0.4, -0.2) is 47.4 Å². The molecule has 0 bridgehead atoms. The summed E-state index contributed by atoms with van der Waals surface area (Å²) in [5.41, 5.74) is 0. The van der Waals surface area contributed by atoms with Gasteiger partial charge in [-0.25, -0.2) is 0 Å². The number of carbonyl (C=O) groups is 2. The van der Waals surface area contributed by atoms with Crippen LogP contribution in [0.2, 0.25) is 0 Å². The first-order chi connectivity index (χ1) is 33.5. The maximum Gasteiger partial charge on any atom is 0.305 e. The largest absolute Gasteiger partial charge is 0.466 e. The number of aliphatic hydroxyl groups excluding tert-OH is 2. The second-order valence-corrected chi connectivity index (χ2v) is 20.7. The van der Waals surface area contributed by atoms with Crippen molar-refractivity contribution >= 4 is 11.9 Å². The van der Waals surface area contributed by atoms with Crippen LogP contribution in [0.4, 0.5) is 0 Å². The monoisotopic (exact) mass is 956 g/mol. The van der Waals surface area contributed by atoms with E-state index in [1.807, 2.05) is 0 Å². The fourth-order valence-electron chi connectivity index (χ4n) is 9.25. The highest BCUT2D eigenvalue weighted by Crippen LogP contribution is 2.17. The molecule has 0 aliphatic carbocycles. The number of esters is 1. The molecule has 2 atom stereocenters. The molecular weight excluding hydrogens is 839 g/mol. The molecule has 2 unspecified atom stereocenters. The minimum Gasteiger partial charge on any atom is -0.466 e. The molecule has 6 heteroatoms. The van der Waals surface area contributed by atoms with Crippen molar-refractivity contribution in [1.82, 2.24) is 5.32 Å². The topological polar surface area (TPSA) is 95.9 Å². The van der Waals surface area contributed by atoms with Crippen LogP contribution in [0.5, 0.6) is 0 Å². The molecule has 0 saturated heterocycles. The summed E-state index contributed by atoms with van der Waals surface area (Å²) in [5.74, 6) is -0.0456. The van der Waals surface area contributed by atoms with E-state index in [9.17, 15) is 19.8 Å². The van der Waals surface area contributed by atoms with Gasteiger partial charge in [-0.15, -0.1) is 0 Å². The summed E-state index contributed by atoms with van der Waals surface area (Å²) >= 11 is 0. The molecule has 0 spiro atoms. The van der Waals surface area contributed by atoms with Gasteiger partial charge in [-0.2, -0.15) is 0 Å². The quantitative estimate of drug-likeness (QED) is 0.0321. The highest BCUT2D eigenvalue weighted by Gasteiger charge is 2.20. The van der Waals surface area contributed by atoms with Crippen LogP contribution in [0.1, 0.15) is 322 Å². The van der Waals surface area contributed by atoms with E-state index in [0.717, 1.165) is 51.4 Å². The van der Waals surface area contributed by atoms with E-state index in [0.29, 0.717) is 25.9 Å². The predicted molar refractivity (Wildman–Crippen MR) is 296 cm³/mol. The van der Waals surface area contributed by atoms with E-state index >= 15 is 0 Å². The van der Waals surface area contributed by atoms with Crippen LogP contribution in [0.3, 0.4) is 0 Å². The summed E-state index contributed by atoms with van der Waals surface area (Å²) < 4.78 is 5.47. The van der Waals surface area contributed by atoms with E-state index in [2.05, 4.69) is 55.6 Å². The van der Waals surface area contributed by atoms with Gasteiger partial charge in [-0.1, -0.05) is 262 Å². The third-order valence-corrected chi connectivity index (χ3v) is 13.9. The molecule has 0 rings (SSSR count). The highest BCUT2D eigenvalue weighted by molar-refractivity contribution is 5.76. The Labute approximate surface area is 424 Å². The minimum atomic E-state index is -0.668. The third-order valence-electron chi connectivity index (χ3n) is 13.9. The first-order valence-corrected chi connectivity index (χ1v) is 30.2. The standard InChI is InChI=1S/C62H117NO5/c1-3-5-7-9-11-13-15-17-27-32-36-40-44-48-52-56-62(67)68-57-53-49-45-41-37-33-29-26-24-22-20-19-21-23-25-28-31-35-39-43-47-51-55-61(66)63-59(58-64)60(65)54-50-46-42-38-34-30-18-16-14-12-10-8-6-4-2/h11,13,17,21,23,27,59-60,64-65H,3-10,12,14-16,18-20,22,24-26,28-58H2,1-2H3,(H,63,66)/b13-11-,23-21-,27-17-. The molecule has 0 heterocycles. The van der Waals surface area contributed by atoms with Crippen molar-refractivity contribution in [3.05, 3.63) is 36.5 Å². The van der Waals surface area contributed by atoms with Gasteiger partial charge in [-0.05, 0) is 83.5 Å². The molecule has 0 aliphatic rings. The molecule has 0 aliphatic heterocycles. The average molecular weight is 957 g/mol. The summed E-state index contributed by atoms with van der Waals surface area (Å²) in [6.07, 6.45) is 71.4. The Morgan fingerprint density at radius 1 is 0.412 bits per heavy atom. The molecule has 0 aromatic rings. The van der Waals surface area contributed by atoms with Crippen molar-refractivity contribution in [2.45, 2.75) is 334 Å². The SMILES string of the molecule is CCCCC/C=C\C/C=C\CCCCCCCC(=O)OCCCCCCCCCCCCC/C=C\CCCCCCCCCC(=O)NC(CO)C(O)CCCCCCCCCCCCCCCC. The lowest BCUT2D eigenvalue weighted by Gasteiger charge is -2.22. The summed E-state index contributed by atoms with van der Waals surface area (Å²) in [4.78, 5) is 24.5. The second-order valence-electron chi connectivity index (χ2n) is 20.7. The lowest BCUT2D eigenvalue weighted by atomic mass is 10.0. The summed E-state index contributed by atoms with van der Waals surface area (Å²) in [6.45, 7) is 4.92. The molecule has 0 radical (unpaired) electrons. The molecule has 0 aromatic heterocycles. The van der Waals surface area contributed by atoms with E-state index in [1.54, 1.807) is 0 Å². The molecule has 0 fully saturated rings. The van der Waals surface area contributed by atoms with Crippen LogP contribution >= 0.6 is 0 Å². The zero-order valence-corrected chi connectivity index (χ0v) is 45.6. The van der Waals surface area contributed by atoms with Crippen LogP contribution < -0.4 is 5.32 Å².